The van der Waals surface area contributed by atoms with Gasteiger partial charge in [-0.05, 0) is 48.8 Å². The van der Waals surface area contributed by atoms with Crippen molar-refractivity contribution in [1.29, 1.82) is 0 Å². The zero-order valence-electron chi connectivity index (χ0n) is 11.6. The topological polar surface area (TPSA) is 29.9 Å². The van der Waals surface area contributed by atoms with Crippen LogP contribution in [0.3, 0.4) is 0 Å². The van der Waals surface area contributed by atoms with E-state index in [1.54, 1.807) is 0 Å². The minimum atomic E-state index is 0.420. The number of ether oxygens (including phenoxy) is 1. The number of nitrogens with zero attached hydrogens (tertiary/aromatic N) is 1. The molecule has 0 fully saturated rings. The summed E-state index contributed by atoms with van der Waals surface area (Å²) in [5, 5.41) is 0. The van der Waals surface area contributed by atoms with Crippen LogP contribution in [0.2, 0.25) is 0 Å². The van der Waals surface area contributed by atoms with Gasteiger partial charge in [0.25, 0.3) is 0 Å². The SMILES string of the molecule is CCCOc1ccc(-n2c(C(C)C)c[nH]c2=S)cc1. The lowest BCUT2D eigenvalue weighted by Gasteiger charge is -2.12. The molecule has 2 aromatic rings. The molecule has 4 heteroatoms. The highest BCUT2D eigenvalue weighted by Crippen LogP contribution is 2.22. The zero-order chi connectivity index (χ0) is 13.8. The van der Waals surface area contributed by atoms with E-state index in [0.29, 0.717) is 5.92 Å². The molecule has 0 amide bonds. The second kappa shape index (κ2) is 6.06. The third-order valence-electron chi connectivity index (χ3n) is 2.96. The molecule has 0 aliphatic rings. The Kier molecular flexibility index (Phi) is 4.43. The highest BCUT2D eigenvalue weighted by Gasteiger charge is 2.09. The summed E-state index contributed by atoms with van der Waals surface area (Å²) in [5.41, 5.74) is 2.26. The lowest BCUT2D eigenvalue weighted by molar-refractivity contribution is 0.317. The van der Waals surface area contributed by atoms with Crippen molar-refractivity contribution in [2.24, 2.45) is 0 Å². The van der Waals surface area contributed by atoms with Gasteiger partial charge in [0.1, 0.15) is 5.75 Å². The Morgan fingerprint density at radius 2 is 1.95 bits per heavy atom. The quantitative estimate of drug-likeness (QED) is 0.818. The summed E-state index contributed by atoms with van der Waals surface area (Å²) in [6, 6.07) is 8.06. The largest absolute Gasteiger partial charge is 0.494 e. The summed E-state index contributed by atoms with van der Waals surface area (Å²) in [4.78, 5) is 3.11. The van der Waals surface area contributed by atoms with Crippen LogP contribution in [-0.2, 0) is 0 Å². The molecular weight excluding hydrogens is 256 g/mol. The van der Waals surface area contributed by atoms with E-state index < -0.39 is 0 Å². The predicted octanol–water partition coefficient (Wildman–Crippen LogP) is 4.45. The van der Waals surface area contributed by atoms with Crippen molar-refractivity contribution in [2.75, 3.05) is 6.61 Å². The minimum Gasteiger partial charge on any atom is -0.494 e. The maximum absolute atomic E-state index is 5.59. The number of hydrogen-bond donors (Lipinski definition) is 1. The summed E-state index contributed by atoms with van der Waals surface area (Å²) < 4.78 is 8.39. The molecule has 19 heavy (non-hydrogen) atoms. The number of hydrogen-bond acceptors (Lipinski definition) is 2. The third kappa shape index (κ3) is 3.07. The van der Waals surface area contributed by atoms with Crippen molar-refractivity contribution in [2.45, 2.75) is 33.1 Å². The van der Waals surface area contributed by atoms with Gasteiger partial charge in [-0.15, -0.1) is 0 Å². The number of aromatic amines is 1. The lowest BCUT2D eigenvalue weighted by Crippen LogP contribution is -2.02. The van der Waals surface area contributed by atoms with Crippen LogP contribution in [0.15, 0.2) is 30.5 Å². The van der Waals surface area contributed by atoms with Gasteiger partial charge in [-0.2, -0.15) is 0 Å². The van der Waals surface area contributed by atoms with Gasteiger partial charge in [-0.3, -0.25) is 4.57 Å². The fourth-order valence-corrected chi connectivity index (χ4v) is 2.25. The first-order chi connectivity index (χ1) is 9.13. The molecule has 1 N–H and O–H groups in total. The lowest BCUT2D eigenvalue weighted by atomic mass is 10.1. The Balaban J connectivity index is 2.32. The van der Waals surface area contributed by atoms with Gasteiger partial charge in [0.05, 0.1) is 6.61 Å². The van der Waals surface area contributed by atoms with E-state index in [9.17, 15) is 0 Å². The average Bonchev–Trinajstić information content (AvgIpc) is 2.79. The number of nitrogens with one attached hydrogen (secondary N) is 1. The van der Waals surface area contributed by atoms with Crippen LogP contribution in [0.1, 0.15) is 38.8 Å². The number of imidazole rings is 1. The van der Waals surface area contributed by atoms with Crippen molar-refractivity contribution in [3.63, 3.8) is 0 Å². The molecule has 0 saturated carbocycles. The molecule has 1 heterocycles. The van der Waals surface area contributed by atoms with Crippen LogP contribution in [0.5, 0.6) is 5.75 Å². The molecule has 0 aliphatic carbocycles. The minimum absolute atomic E-state index is 0.420. The van der Waals surface area contributed by atoms with Gasteiger partial charge < -0.3 is 9.72 Å². The van der Waals surface area contributed by atoms with Crippen molar-refractivity contribution in [3.8, 4) is 11.4 Å². The second-order valence-corrected chi connectivity index (χ2v) is 5.24. The first-order valence-corrected chi connectivity index (χ1v) is 7.08. The van der Waals surface area contributed by atoms with E-state index >= 15 is 0 Å². The van der Waals surface area contributed by atoms with Crippen molar-refractivity contribution >= 4 is 12.2 Å². The van der Waals surface area contributed by atoms with E-state index in [1.807, 2.05) is 30.5 Å². The fraction of sp³-hybridized carbons (Fsp3) is 0.400. The van der Waals surface area contributed by atoms with E-state index in [-0.39, 0.29) is 0 Å². The highest BCUT2D eigenvalue weighted by molar-refractivity contribution is 7.71. The van der Waals surface area contributed by atoms with E-state index in [4.69, 9.17) is 17.0 Å². The number of benzene rings is 1. The summed E-state index contributed by atoms with van der Waals surface area (Å²) in [7, 11) is 0. The first kappa shape index (κ1) is 13.9. The summed E-state index contributed by atoms with van der Waals surface area (Å²) in [5.74, 6) is 1.32. The van der Waals surface area contributed by atoms with Gasteiger partial charge in [0.15, 0.2) is 4.77 Å². The summed E-state index contributed by atoms with van der Waals surface area (Å²) in [6.45, 7) is 7.17. The van der Waals surface area contributed by atoms with Gasteiger partial charge in [-0.1, -0.05) is 20.8 Å². The van der Waals surface area contributed by atoms with Gasteiger partial charge >= 0.3 is 0 Å². The molecule has 0 unspecified atom stereocenters. The van der Waals surface area contributed by atoms with Gasteiger partial charge in [0.2, 0.25) is 0 Å². The first-order valence-electron chi connectivity index (χ1n) is 6.67. The molecular formula is C15H20N2OS. The Morgan fingerprint density at radius 3 is 2.53 bits per heavy atom. The number of rotatable bonds is 5. The smallest absolute Gasteiger partial charge is 0.182 e. The third-order valence-corrected chi connectivity index (χ3v) is 3.26. The summed E-state index contributed by atoms with van der Waals surface area (Å²) >= 11 is 5.35. The average molecular weight is 276 g/mol. The maximum Gasteiger partial charge on any atom is 0.182 e. The van der Waals surface area contributed by atoms with Gasteiger partial charge in [0, 0.05) is 17.6 Å². The van der Waals surface area contributed by atoms with Crippen LogP contribution in [0, 0.1) is 4.77 Å². The molecule has 102 valence electrons. The Hall–Kier alpha value is -1.55. The molecule has 0 atom stereocenters. The molecule has 0 saturated heterocycles. The van der Waals surface area contributed by atoms with Crippen LogP contribution in [0.4, 0.5) is 0 Å². The second-order valence-electron chi connectivity index (χ2n) is 4.85. The molecule has 1 aromatic carbocycles. The molecule has 0 radical (unpaired) electrons. The fourth-order valence-electron chi connectivity index (χ4n) is 1.98. The van der Waals surface area contributed by atoms with Crippen molar-refractivity contribution < 1.29 is 4.74 Å². The zero-order valence-corrected chi connectivity index (χ0v) is 12.5. The maximum atomic E-state index is 5.59. The Bertz CT molecular complexity index is 581. The Labute approximate surface area is 119 Å². The highest BCUT2D eigenvalue weighted by atomic mass is 32.1. The number of aromatic nitrogens is 2. The van der Waals surface area contributed by atoms with E-state index in [2.05, 4.69) is 30.3 Å². The molecule has 0 aliphatic heterocycles. The standard InChI is InChI=1S/C15H20N2OS/c1-4-9-18-13-7-5-12(6-8-13)17-14(11(2)3)10-16-15(17)19/h5-8,10-11H,4,9H2,1-3H3,(H,16,19). The summed E-state index contributed by atoms with van der Waals surface area (Å²) in [6.07, 6.45) is 3.00. The van der Waals surface area contributed by atoms with E-state index in [1.165, 1.54) is 5.69 Å². The van der Waals surface area contributed by atoms with Crippen molar-refractivity contribution in [3.05, 3.63) is 40.9 Å². The normalized spacial score (nSPS) is 10.9. The van der Waals surface area contributed by atoms with Crippen LogP contribution < -0.4 is 4.74 Å². The molecule has 3 nitrogen and oxygen atoms in total. The molecule has 0 spiro atoms. The predicted molar refractivity (Wildman–Crippen MR) is 80.8 cm³/mol. The molecule has 0 bridgehead atoms. The number of H-pyrrole nitrogens is 1. The molecule has 2 rings (SSSR count). The van der Waals surface area contributed by atoms with E-state index in [0.717, 1.165) is 29.2 Å². The monoisotopic (exact) mass is 276 g/mol. The molecule has 1 aromatic heterocycles. The van der Waals surface area contributed by atoms with Crippen LogP contribution in [0.25, 0.3) is 5.69 Å². The van der Waals surface area contributed by atoms with Gasteiger partial charge in [-0.25, -0.2) is 0 Å². The van der Waals surface area contributed by atoms with Crippen LogP contribution in [-0.4, -0.2) is 16.2 Å². The van der Waals surface area contributed by atoms with Crippen LogP contribution >= 0.6 is 12.2 Å². The van der Waals surface area contributed by atoms with Crippen molar-refractivity contribution in [1.82, 2.24) is 9.55 Å². The Morgan fingerprint density at radius 1 is 1.26 bits per heavy atom.